The molecule has 0 N–H and O–H groups in total. The van der Waals surface area contributed by atoms with Crippen molar-refractivity contribution in [3.63, 3.8) is 0 Å². The van der Waals surface area contributed by atoms with Crippen LogP contribution in [0.5, 0.6) is 0 Å². The van der Waals surface area contributed by atoms with Crippen molar-refractivity contribution in [2.75, 3.05) is 26.8 Å². The van der Waals surface area contributed by atoms with E-state index in [0.717, 1.165) is 11.3 Å². The summed E-state index contributed by atoms with van der Waals surface area (Å²) in [4.78, 5) is 0. The van der Waals surface area contributed by atoms with Crippen molar-refractivity contribution in [3.05, 3.63) is 16.5 Å². The van der Waals surface area contributed by atoms with Crippen LogP contribution in [0.25, 0.3) is 0 Å². The van der Waals surface area contributed by atoms with Crippen LogP contribution in [0.4, 0.5) is 0 Å². The van der Waals surface area contributed by atoms with Crippen molar-refractivity contribution >= 4 is 33.0 Å². The number of nitriles is 1. The smallest absolute Gasteiger partial charge is 0.252 e. The largest absolute Gasteiger partial charge is 0.383 e. The Balaban J connectivity index is 2.92. The van der Waals surface area contributed by atoms with Crippen molar-refractivity contribution in [2.24, 2.45) is 0 Å². The van der Waals surface area contributed by atoms with Crippen molar-refractivity contribution in [3.8, 4) is 6.07 Å². The van der Waals surface area contributed by atoms with Gasteiger partial charge in [-0.2, -0.15) is 9.57 Å². The molecule has 1 aromatic rings. The molecule has 1 aromatic heterocycles. The maximum Gasteiger partial charge on any atom is 0.252 e. The van der Waals surface area contributed by atoms with Crippen molar-refractivity contribution in [1.29, 1.82) is 5.26 Å². The number of hydrogen-bond donors (Lipinski definition) is 0. The molecule has 0 saturated heterocycles. The molecule has 0 unspecified atom stereocenters. The molecule has 0 saturated carbocycles. The highest BCUT2D eigenvalue weighted by Crippen LogP contribution is 2.28. The quantitative estimate of drug-likeness (QED) is 0.772. The van der Waals surface area contributed by atoms with Gasteiger partial charge in [-0.15, -0.1) is 11.3 Å². The minimum atomic E-state index is -3.59. The number of halogens is 1. The Morgan fingerprint density at radius 3 is 2.72 bits per heavy atom. The second kappa shape index (κ2) is 7.07. The van der Waals surface area contributed by atoms with E-state index in [0.29, 0.717) is 4.34 Å². The summed E-state index contributed by atoms with van der Waals surface area (Å²) in [6.07, 6.45) is 0.141. The fourth-order valence-electron chi connectivity index (χ4n) is 1.28. The van der Waals surface area contributed by atoms with Gasteiger partial charge in [0.05, 0.1) is 17.0 Å². The minimum absolute atomic E-state index is 0.141. The molecule has 8 heteroatoms. The lowest BCUT2D eigenvalue weighted by molar-refractivity contribution is 0.179. The molecule has 5 nitrogen and oxygen atoms in total. The Morgan fingerprint density at radius 2 is 2.22 bits per heavy atom. The number of methoxy groups -OCH3 is 1. The van der Waals surface area contributed by atoms with Crippen LogP contribution in [0.1, 0.15) is 6.42 Å². The Kier molecular flexibility index (Phi) is 6.05. The second-order valence-corrected chi connectivity index (χ2v) is 7.24. The van der Waals surface area contributed by atoms with Crippen molar-refractivity contribution in [2.45, 2.75) is 10.6 Å². The van der Waals surface area contributed by atoms with Gasteiger partial charge in [-0.3, -0.25) is 0 Å². The van der Waals surface area contributed by atoms with Crippen LogP contribution in [0, 0.1) is 11.3 Å². The van der Waals surface area contributed by atoms with Gasteiger partial charge in [0.2, 0.25) is 0 Å². The van der Waals surface area contributed by atoms with Gasteiger partial charge in [-0.25, -0.2) is 8.42 Å². The molecule has 0 amide bonds. The Labute approximate surface area is 116 Å². The molecular formula is C10H13ClN2O3S2. The fourth-order valence-corrected chi connectivity index (χ4v) is 4.35. The second-order valence-electron chi connectivity index (χ2n) is 3.36. The summed E-state index contributed by atoms with van der Waals surface area (Å²) in [5.74, 6) is 0. The van der Waals surface area contributed by atoms with Gasteiger partial charge >= 0.3 is 0 Å². The van der Waals surface area contributed by atoms with E-state index in [-0.39, 0.29) is 30.3 Å². The summed E-state index contributed by atoms with van der Waals surface area (Å²) in [6.45, 7) is 0.650. The highest BCUT2D eigenvalue weighted by atomic mass is 35.5. The number of rotatable bonds is 7. The molecule has 18 heavy (non-hydrogen) atoms. The molecule has 0 atom stereocenters. The van der Waals surface area contributed by atoms with Crippen LogP contribution in [0.3, 0.4) is 0 Å². The molecule has 0 bridgehead atoms. The first-order valence-electron chi connectivity index (χ1n) is 5.13. The van der Waals surface area contributed by atoms with Gasteiger partial charge in [0.1, 0.15) is 4.21 Å². The van der Waals surface area contributed by atoms with E-state index in [1.54, 1.807) is 0 Å². The van der Waals surface area contributed by atoms with E-state index >= 15 is 0 Å². The van der Waals surface area contributed by atoms with Gasteiger partial charge in [0, 0.05) is 26.6 Å². The van der Waals surface area contributed by atoms with E-state index in [1.165, 1.54) is 23.5 Å². The fraction of sp³-hybridized carbons (Fsp3) is 0.500. The lowest BCUT2D eigenvalue weighted by Gasteiger charge is -2.19. The van der Waals surface area contributed by atoms with E-state index in [1.807, 2.05) is 6.07 Å². The molecule has 0 aliphatic rings. The molecule has 1 heterocycles. The molecule has 1 rings (SSSR count). The average Bonchev–Trinajstić information content (AvgIpc) is 2.76. The number of sulfonamides is 1. The standard InChI is InChI=1S/C10H13ClN2O3S2/c1-16-8-7-13(6-2-5-12)18(14,15)10-4-3-9(11)17-10/h3-4H,2,6-8H2,1H3. The van der Waals surface area contributed by atoms with E-state index in [2.05, 4.69) is 0 Å². The van der Waals surface area contributed by atoms with Crippen molar-refractivity contribution in [1.82, 2.24) is 4.31 Å². The number of thiophene rings is 1. The predicted molar refractivity (Wildman–Crippen MR) is 70.2 cm³/mol. The Bertz CT molecular complexity index is 521. The minimum Gasteiger partial charge on any atom is -0.383 e. The first kappa shape index (κ1) is 15.4. The molecule has 0 spiro atoms. The number of ether oxygens (including phenoxy) is 1. The van der Waals surface area contributed by atoms with E-state index < -0.39 is 10.0 Å². The summed E-state index contributed by atoms with van der Waals surface area (Å²) in [5.41, 5.74) is 0. The lowest BCUT2D eigenvalue weighted by atomic mass is 10.4. The summed E-state index contributed by atoms with van der Waals surface area (Å²) < 4.78 is 31.3. The normalized spacial score (nSPS) is 11.7. The van der Waals surface area contributed by atoms with Crippen LogP contribution in [0.2, 0.25) is 4.34 Å². The van der Waals surface area contributed by atoms with Gasteiger partial charge in [-0.1, -0.05) is 11.6 Å². The molecular weight excluding hydrogens is 296 g/mol. The van der Waals surface area contributed by atoms with Crippen LogP contribution in [-0.2, 0) is 14.8 Å². The number of nitrogens with zero attached hydrogens (tertiary/aromatic N) is 2. The topological polar surface area (TPSA) is 70.4 Å². The maximum atomic E-state index is 12.3. The number of hydrogen-bond acceptors (Lipinski definition) is 5. The predicted octanol–water partition coefficient (Wildman–Crippen LogP) is 1.95. The molecule has 0 aliphatic heterocycles. The van der Waals surface area contributed by atoms with E-state index in [9.17, 15) is 8.42 Å². The molecule has 0 radical (unpaired) electrons. The first-order chi connectivity index (χ1) is 8.52. The van der Waals surface area contributed by atoms with E-state index in [4.69, 9.17) is 21.6 Å². The van der Waals surface area contributed by atoms with Crippen molar-refractivity contribution < 1.29 is 13.2 Å². The highest BCUT2D eigenvalue weighted by Gasteiger charge is 2.25. The molecule has 0 fully saturated rings. The molecule has 100 valence electrons. The van der Waals surface area contributed by atoms with Gasteiger partial charge in [0.15, 0.2) is 0 Å². The zero-order valence-corrected chi connectivity index (χ0v) is 12.2. The lowest BCUT2D eigenvalue weighted by Crippen LogP contribution is -2.34. The van der Waals surface area contributed by atoms with Gasteiger partial charge in [-0.05, 0) is 12.1 Å². The molecule has 0 aliphatic carbocycles. The highest BCUT2D eigenvalue weighted by molar-refractivity contribution is 7.91. The van der Waals surface area contributed by atoms with Crippen LogP contribution in [0.15, 0.2) is 16.3 Å². The van der Waals surface area contributed by atoms with Crippen LogP contribution >= 0.6 is 22.9 Å². The zero-order chi connectivity index (χ0) is 13.6. The SMILES string of the molecule is COCCN(CCC#N)S(=O)(=O)c1ccc(Cl)s1. The zero-order valence-electron chi connectivity index (χ0n) is 9.80. The summed E-state index contributed by atoms with van der Waals surface area (Å²) in [5, 5.41) is 8.56. The summed E-state index contributed by atoms with van der Waals surface area (Å²) >= 11 is 6.74. The first-order valence-corrected chi connectivity index (χ1v) is 7.77. The Hall–Kier alpha value is -0.650. The van der Waals surface area contributed by atoms with Gasteiger partial charge < -0.3 is 4.74 Å². The molecule has 0 aromatic carbocycles. The third-order valence-corrected chi connectivity index (χ3v) is 5.76. The monoisotopic (exact) mass is 308 g/mol. The average molecular weight is 309 g/mol. The summed E-state index contributed by atoms with van der Waals surface area (Å²) in [7, 11) is -2.09. The maximum absolute atomic E-state index is 12.3. The van der Waals surface area contributed by atoms with Crippen LogP contribution < -0.4 is 0 Å². The third-order valence-electron chi connectivity index (χ3n) is 2.16. The summed E-state index contributed by atoms with van der Waals surface area (Å²) in [6, 6.07) is 4.94. The van der Waals surface area contributed by atoms with Crippen LogP contribution in [-0.4, -0.2) is 39.5 Å². The Morgan fingerprint density at radius 1 is 1.50 bits per heavy atom. The third kappa shape index (κ3) is 3.93. The van der Waals surface area contributed by atoms with Gasteiger partial charge in [0.25, 0.3) is 10.0 Å².